The minimum Gasteiger partial charge on any atom is -0.383 e. The van der Waals surface area contributed by atoms with Crippen LogP contribution < -0.4 is 11.1 Å². The van der Waals surface area contributed by atoms with Gasteiger partial charge in [0.05, 0.1) is 17.3 Å². The van der Waals surface area contributed by atoms with E-state index in [1.54, 1.807) is 4.90 Å². The third-order valence-electron chi connectivity index (χ3n) is 4.85. The lowest BCUT2D eigenvalue weighted by atomic mass is 9.93. The van der Waals surface area contributed by atoms with Gasteiger partial charge in [0.1, 0.15) is 16.8 Å². The Labute approximate surface area is 173 Å². The molecule has 0 saturated heterocycles. The number of rotatable bonds is 3. The lowest BCUT2D eigenvalue weighted by Crippen LogP contribution is -2.39. The summed E-state index contributed by atoms with van der Waals surface area (Å²) in [6.07, 6.45) is 0. The molecule has 2 aromatic rings. The quantitative estimate of drug-likeness (QED) is 0.810. The van der Waals surface area contributed by atoms with Crippen molar-refractivity contribution in [3.63, 3.8) is 0 Å². The van der Waals surface area contributed by atoms with Crippen molar-refractivity contribution in [3.05, 3.63) is 87.7 Å². The average molecular weight is 401 g/mol. The van der Waals surface area contributed by atoms with Crippen molar-refractivity contribution in [2.45, 2.75) is 19.9 Å². The van der Waals surface area contributed by atoms with Gasteiger partial charge in [-0.05, 0) is 43.3 Å². The lowest BCUT2D eigenvalue weighted by Gasteiger charge is -2.35. The van der Waals surface area contributed by atoms with Crippen LogP contribution in [0.4, 0.5) is 5.69 Å². The van der Waals surface area contributed by atoms with Crippen molar-refractivity contribution in [2.75, 3.05) is 5.32 Å². The van der Waals surface area contributed by atoms with E-state index in [1.165, 1.54) is 11.8 Å². The third kappa shape index (κ3) is 3.39. The zero-order chi connectivity index (χ0) is 20.5. The van der Waals surface area contributed by atoms with Crippen LogP contribution in [0.25, 0.3) is 0 Å². The second-order valence-electron chi connectivity index (χ2n) is 6.83. The van der Waals surface area contributed by atoms with Gasteiger partial charge in [0.25, 0.3) is 5.91 Å². The molecule has 7 heteroatoms. The van der Waals surface area contributed by atoms with Gasteiger partial charge in [-0.15, -0.1) is 0 Å². The van der Waals surface area contributed by atoms with Gasteiger partial charge < -0.3 is 11.1 Å². The van der Waals surface area contributed by atoms with E-state index in [0.29, 0.717) is 32.9 Å². The second-order valence-corrected chi connectivity index (χ2v) is 7.80. The molecule has 144 valence electrons. The molecule has 6 nitrogen and oxygen atoms in total. The number of para-hydroxylation sites is 1. The molecule has 2 aliphatic heterocycles. The maximum Gasteiger partial charge on any atom is 0.255 e. The first kappa shape index (κ1) is 18.8. The molecule has 4 rings (SSSR count). The summed E-state index contributed by atoms with van der Waals surface area (Å²) in [5, 5.41) is 13.0. The highest BCUT2D eigenvalue weighted by molar-refractivity contribution is 8.17. The Morgan fingerprint density at radius 3 is 2.52 bits per heavy atom. The van der Waals surface area contributed by atoms with Crippen molar-refractivity contribution in [1.82, 2.24) is 4.90 Å². The predicted molar refractivity (Wildman–Crippen MR) is 115 cm³/mol. The standard InChI is InChI=1S/C22H19N5OS/c1-13-8-10-15(11-9-13)19-18(21(28)26-16-6-4-3-5-7-16)14(2)25-22-27(19)20(24)17(12-23)29-22/h3-11,19H,24H2,1-2H3,(H,26,28)/t19-/m1/s1. The Hall–Kier alpha value is -3.50. The Morgan fingerprint density at radius 2 is 1.86 bits per heavy atom. The van der Waals surface area contributed by atoms with Crippen LogP contribution in [-0.2, 0) is 4.79 Å². The Bertz CT molecular complexity index is 1110. The Morgan fingerprint density at radius 1 is 1.17 bits per heavy atom. The maximum absolute atomic E-state index is 13.3. The fourth-order valence-corrected chi connectivity index (χ4v) is 4.33. The van der Waals surface area contributed by atoms with E-state index < -0.39 is 6.04 Å². The number of nitrogens with one attached hydrogen (secondary N) is 1. The predicted octanol–water partition coefficient (Wildman–Crippen LogP) is 4.02. The highest BCUT2D eigenvalue weighted by Gasteiger charge is 2.42. The van der Waals surface area contributed by atoms with Crippen LogP contribution in [0.1, 0.15) is 24.1 Å². The van der Waals surface area contributed by atoms with Crippen molar-refractivity contribution < 1.29 is 4.79 Å². The summed E-state index contributed by atoms with van der Waals surface area (Å²) >= 11 is 1.23. The van der Waals surface area contributed by atoms with E-state index >= 15 is 0 Å². The van der Waals surface area contributed by atoms with E-state index in [4.69, 9.17) is 5.73 Å². The first-order chi connectivity index (χ1) is 14.0. The summed E-state index contributed by atoms with van der Waals surface area (Å²) in [5.41, 5.74) is 10.1. The molecule has 0 aromatic heterocycles. The number of aryl methyl sites for hydroxylation is 1. The number of benzene rings is 2. The molecule has 0 unspecified atom stereocenters. The molecule has 0 spiro atoms. The molecule has 0 saturated carbocycles. The molecule has 2 aliphatic rings. The Balaban J connectivity index is 1.82. The van der Waals surface area contributed by atoms with Gasteiger partial charge in [0, 0.05) is 5.69 Å². The van der Waals surface area contributed by atoms with Crippen LogP contribution in [0.15, 0.2) is 81.6 Å². The van der Waals surface area contributed by atoms with E-state index in [2.05, 4.69) is 16.4 Å². The summed E-state index contributed by atoms with van der Waals surface area (Å²) in [7, 11) is 0. The van der Waals surface area contributed by atoms with Gasteiger partial charge in [-0.3, -0.25) is 9.69 Å². The number of carbonyl (C=O) groups excluding carboxylic acids is 1. The smallest absolute Gasteiger partial charge is 0.255 e. The van der Waals surface area contributed by atoms with Gasteiger partial charge in [-0.2, -0.15) is 5.26 Å². The fraction of sp³-hybridized carbons (Fsp3) is 0.136. The summed E-state index contributed by atoms with van der Waals surface area (Å²) in [4.78, 5) is 20.0. The first-order valence-corrected chi connectivity index (χ1v) is 9.90. The lowest BCUT2D eigenvalue weighted by molar-refractivity contribution is -0.113. The molecule has 2 aromatic carbocycles. The number of thioether (sulfide) groups is 1. The number of nitriles is 1. The number of nitrogens with zero attached hydrogens (tertiary/aromatic N) is 3. The maximum atomic E-state index is 13.3. The number of hydrogen-bond acceptors (Lipinski definition) is 6. The van der Waals surface area contributed by atoms with Crippen LogP contribution in [-0.4, -0.2) is 16.0 Å². The molecular weight excluding hydrogens is 382 g/mol. The molecule has 1 atom stereocenters. The average Bonchev–Trinajstić information content (AvgIpc) is 3.03. The zero-order valence-electron chi connectivity index (χ0n) is 16.0. The number of aliphatic imine (C=N–C) groups is 1. The number of allylic oxidation sites excluding steroid dienone is 2. The van der Waals surface area contributed by atoms with Crippen LogP contribution >= 0.6 is 11.8 Å². The van der Waals surface area contributed by atoms with Crippen molar-refractivity contribution in [1.29, 1.82) is 5.26 Å². The van der Waals surface area contributed by atoms with E-state index in [9.17, 15) is 10.1 Å². The van der Waals surface area contributed by atoms with Gasteiger partial charge in [0.2, 0.25) is 0 Å². The molecule has 0 radical (unpaired) electrons. The monoisotopic (exact) mass is 401 g/mol. The summed E-state index contributed by atoms with van der Waals surface area (Å²) in [6, 6.07) is 18.9. The molecule has 0 bridgehead atoms. The highest BCUT2D eigenvalue weighted by Crippen LogP contribution is 2.45. The first-order valence-electron chi connectivity index (χ1n) is 9.09. The van der Waals surface area contributed by atoms with Crippen LogP contribution in [0.3, 0.4) is 0 Å². The van der Waals surface area contributed by atoms with Crippen molar-refractivity contribution >= 4 is 28.5 Å². The molecule has 29 heavy (non-hydrogen) atoms. The van der Waals surface area contributed by atoms with Gasteiger partial charge in [-0.25, -0.2) is 4.99 Å². The molecule has 2 heterocycles. The zero-order valence-corrected chi connectivity index (χ0v) is 16.8. The van der Waals surface area contributed by atoms with Crippen LogP contribution in [0.2, 0.25) is 0 Å². The summed E-state index contributed by atoms with van der Waals surface area (Å²) in [6.45, 7) is 3.82. The number of anilines is 1. The SMILES string of the molecule is CC1=C(C(=O)Nc2ccccc2)[C@@H](c2ccc(C)cc2)N2C(=N1)SC(C#N)=C2N. The molecule has 0 fully saturated rings. The van der Waals surface area contributed by atoms with E-state index in [-0.39, 0.29) is 5.91 Å². The minimum atomic E-state index is -0.467. The highest BCUT2D eigenvalue weighted by atomic mass is 32.2. The number of hydrogen-bond donors (Lipinski definition) is 2. The number of fused-ring (bicyclic) bond motifs is 1. The van der Waals surface area contributed by atoms with E-state index in [1.807, 2.05) is 68.4 Å². The Kier molecular flexibility index (Phi) is 4.87. The topological polar surface area (TPSA) is 94.5 Å². The van der Waals surface area contributed by atoms with Gasteiger partial charge in [0.15, 0.2) is 5.17 Å². The van der Waals surface area contributed by atoms with Crippen LogP contribution in [0, 0.1) is 18.3 Å². The minimum absolute atomic E-state index is 0.245. The largest absolute Gasteiger partial charge is 0.383 e. The number of carbonyl (C=O) groups is 1. The molecule has 1 amide bonds. The van der Waals surface area contributed by atoms with Crippen LogP contribution in [0.5, 0.6) is 0 Å². The van der Waals surface area contributed by atoms with Gasteiger partial charge >= 0.3 is 0 Å². The number of amidine groups is 1. The number of amides is 1. The normalized spacial score (nSPS) is 18.3. The molecule has 3 N–H and O–H groups in total. The summed E-state index contributed by atoms with van der Waals surface area (Å²) < 4.78 is 0. The van der Waals surface area contributed by atoms with Crippen molar-refractivity contribution in [3.8, 4) is 6.07 Å². The van der Waals surface area contributed by atoms with Crippen molar-refractivity contribution in [2.24, 2.45) is 10.7 Å². The number of nitrogens with two attached hydrogens (primary N) is 1. The third-order valence-corrected chi connectivity index (χ3v) is 5.82. The molecular formula is C22H19N5OS. The van der Waals surface area contributed by atoms with E-state index in [0.717, 1.165) is 11.1 Å². The van der Waals surface area contributed by atoms with Gasteiger partial charge in [-0.1, -0.05) is 48.0 Å². The fourth-order valence-electron chi connectivity index (χ4n) is 3.42. The second kappa shape index (κ2) is 7.49. The summed E-state index contributed by atoms with van der Waals surface area (Å²) in [5.74, 6) is 0.0737. The molecule has 0 aliphatic carbocycles.